The maximum atomic E-state index is 15.1. The van der Waals surface area contributed by atoms with E-state index in [1.54, 1.807) is 42.7 Å². The zero-order chi connectivity index (χ0) is 28.3. The Morgan fingerprint density at radius 1 is 0.975 bits per heavy atom. The minimum absolute atomic E-state index is 0.0427. The van der Waals surface area contributed by atoms with Crippen LogP contribution in [0.4, 0.5) is 15.8 Å². The number of allylic oxidation sites excluding steroid dienone is 2. The predicted octanol–water partition coefficient (Wildman–Crippen LogP) is 6.40. The van der Waals surface area contributed by atoms with Gasteiger partial charge in [0.2, 0.25) is 11.8 Å². The molecule has 1 saturated carbocycles. The van der Waals surface area contributed by atoms with Gasteiger partial charge in [-0.1, -0.05) is 30.4 Å². The van der Waals surface area contributed by atoms with Gasteiger partial charge in [-0.25, -0.2) is 4.39 Å². The monoisotopic (exact) mass is 538 g/mol. The zero-order valence-electron chi connectivity index (χ0n) is 22.0. The van der Waals surface area contributed by atoms with Gasteiger partial charge in [0.05, 0.1) is 30.0 Å². The summed E-state index contributed by atoms with van der Waals surface area (Å²) in [6, 6.07) is 14.8. The number of hydrogen-bond donors (Lipinski definition) is 2. The molecule has 1 aliphatic carbocycles. The lowest BCUT2D eigenvalue weighted by Crippen LogP contribution is -2.35. The van der Waals surface area contributed by atoms with Crippen molar-refractivity contribution in [3.63, 3.8) is 0 Å². The summed E-state index contributed by atoms with van der Waals surface area (Å²) in [6.45, 7) is 5.72. The summed E-state index contributed by atoms with van der Waals surface area (Å²) in [5.74, 6) is -1.22. The molecule has 0 unspecified atom stereocenters. The Morgan fingerprint density at radius 3 is 2.33 bits per heavy atom. The number of aromatic nitrogens is 2. The first-order chi connectivity index (χ1) is 19.3. The lowest BCUT2D eigenvalue weighted by molar-refractivity contribution is -0.131. The third kappa shape index (κ3) is 5.40. The van der Waals surface area contributed by atoms with E-state index in [1.165, 1.54) is 25.5 Å². The second kappa shape index (κ2) is 11.0. The van der Waals surface area contributed by atoms with Gasteiger partial charge in [-0.05, 0) is 56.2 Å². The summed E-state index contributed by atoms with van der Waals surface area (Å²) in [4.78, 5) is 34.7. The molecule has 2 heterocycles. The topological polar surface area (TPSA) is 102 Å². The van der Waals surface area contributed by atoms with Crippen LogP contribution < -0.4 is 15.4 Å². The molecule has 5 rings (SSSR count). The number of nitrogens with one attached hydrogen (secondary N) is 2. The van der Waals surface area contributed by atoms with Crippen molar-refractivity contribution in [3.05, 3.63) is 103 Å². The fourth-order valence-corrected chi connectivity index (χ4v) is 4.20. The van der Waals surface area contributed by atoms with E-state index < -0.39 is 17.1 Å². The summed E-state index contributed by atoms with van der Waals surface area (Å²) >= 11 is 0. The SMILES string of the molecule is C=C/C(=C\OC)c1cc2nccc(Oc3ccc(NC(=O)C4(C(=O)Nc5ccc(C)cc5)CC4)cc3F)c2cn1. The summed E-state index contributed by atoms with van der Waals surface area (Å²) < 4.78 is 26.0. The third-order valence-corrected chi connectivity index (χ3v) is 6.69. The number of nitrogens with zero attached hydrogens (tertiary/aromatic N) is 2. The van der Waals surface area contributed by atoms with Crippen LogP contribution in [0, 0.1) is 18.2 Å². The molecule has 0 saturated heterocycles. The lowest BCUT2D eigenvalue weighted by Gasteiger charge is -2.16. The second-order valence-electron chi connectivity index (χ2n) is 9.51. The van der Waals surface area contributed by atoms with Crippen molar-refractivity contribution in [3.8, 4) is 11.5 Å². The molecule has 2 aromatic carbocycles. The fraction of sp³-hybridized carbons (Fsp3) is 0.161. The van der Waals surface area contributed by atoms with Crippen molar-refractivity contribution in [2.45, 2.75) is 19.8 Å². The van der Waals surface area contributed by atoms with Crippen LogP contribution in [0.5, 0.6) is 11.5 Å². The first-order valence-electron chi connectivity index (χ1n) is 12.6. The zero-order valence-corrected chi connectivity index (χ0v) is 22.0. The Balaban J connectivity index is 1.29. The number of hydrogen-bond acceptors (Lipinski definition) is 6. The van der Waals surface area contributed by atoms with E-state index >= 15 is 4.39 Å². The molecule has 202 valence electrons. The number of anilines is 2. The molecule has 0 atom stereocenters. The molecule has 8 nitrogen and oxygen atoms in total. The number of benzene rings is 2. The van der Waals surface area contributed by atoms with Gasteiger partial charge in [-0.3, -0.25) is 19.6 Å². The molecule has 1 aliphatic rings. The van der Waals surface area contributed by atoms with Crippen molar-refractivity contribution in [2.24, 2.45) is 5.41 Å². The first-order valence-corrected chi connectivity index (χ1v) is 12.6. The standard InChI is InChI=1S/C31H27FN4O4/c1-4-20(18-39-3)25-16-26-23(17-34-25)27(11-14-33-26)40-28-10-9-22(15-24(28)32)36-30(38)31(12-13-31)29(37)35-21-7-5-19(2)6-8-21/h4-11,14-18H,1,12-13H2,2-3H3,(H,35,37)(H,36,38)/b20-18+. The van der Waals surface area contributed by atoms with Gasteiger partial charge in [-0.2, -0.15) is 0 Å². The Kier molecular flexibility index (Phi) is 7.29. The van der Waals surface area contributed by atoms with Crippen LogP contribution in [0.15, 0.2) is 85.9 Å². The van der Waals surface area contributed by atoms with Gasteiger partial charge in [0.15, 0.2) is 11.6 Å². The number of ether oxygens (including phenoxy) is 2. The highest BCUT2D eigenvalue weighted by atomic mass is 19.1. The van der Waals surface area contributed by atoms with E-state index in [4.69, 9.17) is 9.47 Å². The predicted molar refractivity (Wildman–Crippen MR) is 151 cm³/mol. The smallest absolute Gasteiger partial charge is 0.240 e. The number of carbonyl (C=O) groups excluding carboxylic acids is 2. The van der Waals surface area contributed by atoms with Gasteiger partial charge in [0.25, 0.3) is 0 Å². The number of aryl methyl sites for hydroxylation is 1. The first kappa shape index (κ1) is 26.6. The number of amides is 2. The Bertz CT molecular complexity index is 1650. The normalized spacial score (nSPS) is 13.8. The number of rotatable bonds is 9. The molecule has 2 N–H and O–H groups in total. The molecular formula is C31H27FN4O4. The molecule has 0 spiro atoms. The summed E-state index contributed by atoms with van der Waals surface area (Å²) in [6.07, 6.45) is 7.12. The molecule has 0 radical (unpaired) electrons. The van der Waals surface area contributed by atoms with Crippen LogP contribution in [0.2, 0.25) is 0 Å². The molecule has 2 aromatic heterocycles. The molecule has 9 heteroatoms. The molecular weight excluding hydrogens is 511 g/mol. The van der Waals surface area contributed by atoms with Crippen molar-refractivity contribution in [1.29, 1.82) is 0 Å². The Hall–Kier alpha value is -5.05. The molecule has 2 amide bonds. The van der Waals surface area contributed by atoms with Gasteiger partial charge in [-0.15, -0.1) is 0 Å². The van der Waals surface area contributed by atoms with Crippen molar-refractivity contribution in [2.75, 3.05) is 17.7 Å². The van der Waals surface area contributed by atoms with E-state index in [1.807, 2.05) is 19.1 Å². The van der Waals surface area contributed by atoms with Crippen LogP contribution in [-0.4, -0.2) is 28.9 Å². The highest BCUT2D eigenvalue weighted by Crippen LogP contribution is 2.47. The Labute approximate surface area is 230 Å². The van der Waals surface area contributed by atoms with Gasteiger partial charge >= 0.3 is 0 Å². The molecule has 4 aromatic rings. The van der Waals surface area contributed by atoms with Gasteiger partial charge in [0.1, 0.15) is 11.2 Å². The van der Waals surface area contributed by atoms with Crippen LogP contribution >= 0.6 is 0 Å². The highest BCUT2D eigenvalue weighted by Gasteiger charge is 2.56. The number of halogens is 1. The Morgan fingerprint density at radius 2 is 1.68 bits per heavy atom. The number of pyridine rings is 2. The second-order valence-corrected chi connectivity index (χ2v) is 9.51. The lowest BCUT2D eigenvalue weighted by atomic mass is 10.0. The van der Waals surface area contributed by atoms with Crippen molar-refractivity contribution >= 4 is 39.7 Å². The van der Waals surface area contributed by atoms with E-state index in [9.17, 15) is 9.59 Å². The summed E-state index contributed by atoms with van der Waals surface area (Å²) in [7, 11) is 1.54. The minimum Gasteiger partial charge on any atom is -0.504 e. The summed E-state index contributed by atoms with van der Waals surface area (Å²) in [5, 5.41) is 6.06. The number of carbonyl (C=O) groups is 2. The van der Waals surface area contributed by atoms with Gasteiger partial charge < -0.3 is 20.1 Å². The highest BCUT2D eigenvalue weighted by molar-refractivity contribution is 6.16. The third-order valence-electron chi connectivity index (χ3n) is 6.69. The van der Waals surface area contributed by atoms with Crippen LogP contribution in [0.1, 0.15) is 24.1 Å². The quantitative estimate of drug-likeness (QED) is 0.145. The largest absolute Gasteiger partial charge is 0.504 e. The summed E-state index contributed by atoms with van der Waals surface area (Å²) in [5.41, 5.74) is 2.61. The van der Waals surface area contributed by atoms with E-state index in [2.05, 4.69) is 27.2 Å². The van der Waals surface area contributed by atoms with Crippen LogP contribution in [-0.2, 0) is 14.3 Å². The number of fused-ring (bicyclic) bond motifs is 1. The van der Waals surface area contributed by atoms with E-state index in [0.29, 0.717) is 46.4 Å². The van der Waals surface area contributed by atoms with Crippen LogP contribution in [0.25, 0.3) is 16.5 Å². The van der Waals surface area contributed by atoms with Crippen molar-refractivity contribution in [1.82, 2.24) is 9.97 Å². The van der Waals surface area contributed by atoms with Crippen molar-refractivity contribution < 1.29 is 23.5 Å². The maximum absolute atomic E-state index is 15.1. The number of methoxy groups -OCH3 is 1. The van der Waals surface area contributed by atoms with E-state index in [0.717, 1.165) is 11.6 Å². The van der Waals surface area contributed by atoms with Crippen LogP contribution in [0.3, 0.4) is 0 Å². The average Bonchev–Trinajstić information content (AvgIpc) is 3.77. The maximum Gasteiger partial charge on any atom is 0.240 e. The molecule has 1 fully saturated rings. The molecule has 40 heavy (non-hydrogen) atoms. The van der Waals surface area contributed by atoms with Gasteiger partial charge in [0, 0.05) is 35.4 Å². The molecule has 0 bridgehead atoms. The minimum atomic E-state index is -1.18. The fourth-order valence-electron chi connectivity index (χ4n) is 4.20. The molecule has 0 aliphatic heterocycles. The van der Waals surface area contributed by atoms with E-state index in [-0.39, 0.29) is 17.3 Å². The average molecular weight is 539 g/mol.